The summed E-state index contributed by atoms with van der Waals surface area (Å²) in [5, 5.41) is 5.37. The summed E-state index contributed by atoms with van der Waals surface area (Å²) in [4.78, 5) is 42.1. The number of carbonyl (C=O) groups excluding carboxylic acids is 3. The fourth-order valence-corrected chi connectivity index (χ4v) is 6.78. The molecule has 0 aromatic heterocycles. The summed E-state index contributed by atoms with van der Waals surface area (Å²) in [7, 11) is 1.70. The highest BCUT2D eigenvalue weighted by Gasteiger charge is 2.33. The van der Waals surface area contributed by atoms with Crippen LogP contribution in [0.3, 0.4) is 0 Å². The van der Waals surface area contributed by atoms with E-state index in [4.69, 9.17) is 4.74 Å². The van der Waals surface area contributed by atoms with E-state index in [1.54, 1.807) is 7.11 Å². The van der Waals surface area contributed by atoms with Crippen molar-refractivity contribution in [2.45, 2.75) is 75.2 Å². The Labute approximate surface area is 256 Å². The van der Waals surface area contributed by atoms with Gasteiger partial charge in [-0.3, -0.25) is 19.3 Å². The Balaban J connectivity index is 1.03. The van der Waals surface area contributed by atoms with Crippen LogP contribution in [0.4, 0.5) is 13.2 Å². The second-order valence-electron chi connectivity index (χ2n) is 12.2. The maximum Gasteiger partial charge on any atom is 0.416 e. The van der Waals surface area contributed by atoms with Gasteiger partial charge in [0.15, 0.2) is 0 Å². The van der Waals surface area contributed by atoms with Crippen molar-refractivity contribution in [1.82, 2.24) is 20.4 Å². The standard InChI is InChI=1S/C33H41F3N4O4/c1-44-29-6-3-16-40(21-29)32(43)24-9-7-22(8-10-24)23-11-13-28(14-12-23)39-17-15-27(20-39)38-30(41)19-37-31(42)25-4-2-5-26(18-25)33(34,35)36/h2,4-5,7-10,18,23,27-29H,3,6,11-17,19-21H2,1H3,(H,37,42)(H,38,41)/t23?,27-,28?,29?/m1/s1. The molecule has 0 radical (unpaired) electrons. The van der Waals surface area contributed by atoms with E-state index in [0.717, 1.165) is 82.3 Å². The van der Waals surface area contributed by atoms with Crippen LogP contribution in [-0.2, 0) is 15.7 Å². The Hall–Kier alpha value is -3.44. The van der Waals surface area contributed by atoms with Crippen LogP contribution in [0.25, 0.3) is 0 Å². The smallest absolute Gasteiger partial charge is 0.380 e. The second kappa shape index (κ2) is 14.1. The SMILES string of the molecule is COC1CCCN(C(=O)c2ccc(C3CCC(N4CC[C@@H](NC(=O)CNC(=O)c5cccc(C(F)(F)F)c5)C4)CC3)cc2)C1. The molecule has 3 aliphatic rings. The van der Waals surface area contributed by atoms with Gasteiger partial charge in [0.05, 0.1) is 18.2 Å². The first-order valence-electron chi connectivity index (χ1n) is 15.5. The number of piperidine rings is 1. The van der Waals surface area contributed by atoms with E-state index in [0.29, 0.717) is 18.5 Å². The Bertz CT molecular complexity index is 1310. The monoisotopic (exact) mass is 614 g/mol. The highest BCUT2D eigenvalue weighted by molar-refractivity contribution is 5.96. The molecule has 0 bridgehead atoms. The quantitative estimate of drug-likeness (QED) is 0.454. The lowest BCUT2D eigenvalue weighted by atomic mass is 9.81. The number of nitrogens with one attached hydrogen (secondary N) is 2. The normalized spacial score (nSPS) is 24.6. The second-order valence-corrected chi connectivity index (χ2v) is 12.2. The van der Waals surface area contributed by atoms with Crippen molar-refractivity contribution in [3.63, 3.8) is 0 Å². The van der Waals surface area contributed by atoms with Gasteiger partial charge in [-0.1, -0.05) is 18.2 Å². The highest BCUT2D eigenvalue weighted by Crippen LogP contribution is 2.36. The zero-order valence-electron chi connectivity index (χ0n) is 25.1. The zero-order valence-corrected chi connectivity index (χ0v) is 25.1. The average Bonchev–Trinajstić information content (AvgIpc) is 3.51. The summed E-state index contributed by atoms with van der Waals surface area (Å²) >= 11 is 0. The summed E-state index contributed by atoms with van der Waals surface area (Å²) < 4.78 is 44.3. The third-order valence-electron chi connectivity index (χ3n) is 9.29. The number of halogens is 3. The molecule has 2 saturated heterocycles. The maximum atomic E-state index is 13.0. The topological polar surface area (TPSA) is 91.0 Å². The van der Waals surface area contributed by atoms with Crippen molar-refractivity contribution in [2.24, 2.45) is 0 Å². The number of carbonyl (C=O) groups is 3. The molecule has 3 fully saturated rings. The van der Waals surface area contributed by atoms with Gasteiger partial charge >= 0.3 is 6.18 Å². The zero-order chi connectivity index (χ0) is 31.3. The third-order valence-corrected chi connectivity index (χ3v) is 9.29. The molecule has 2 N–H and O–H groups in total. The Morgan fingerprint density at radius 1 is 0.909 bits per heavy atom. The number of benzene rings is 2. The van der Waals surface area contributed by atoms with Crippen LogP contribution in [0.2, 0.25) is 0 Å². The van der Waals surface area contributed by atoms with Gasteiger partial charge < -0.3 is 20.3 Å². The predicted octanol–water partition coefficient (Wildman–Crippen LogP) is 4.60. The van der Waals surface area contributed by atoms with Crippen molar-refractivity contribution in [2.75, 3.05) is 39.8 Å². The van der Waals surface area contributed by atoms with Crippen LogP contribution in [-0.4, -0.2) is 85.5 Å². The fourth-order valence-electron chi connectivity index (χ4n) is 6.78. The van der Waals surface area contributed by atoms with Crippen molar-refractivity contribution >= 4 is 17.7 Å². The molecule has 2 atom stereocenters. The number of methoxy groups -OCH3 is 1. The van der Waals surface area contributed by atoms with Gasteiger partial charge in [-0.2, -0.15) is 13.2 Å². The number of amides is 3. The lowest BCUT2D eigenvalue weighted by Gasteiger charge is -2.35. The lowest BCUT2D eigenvalue weighted by molar-refractivity contribution is -0.137. The molecule has 238 valence electrons. The summed E-state index contributed by atoms with van der Waals surface area (Å²) in [6.45, 7) is 2.73. The van der Waals surface area contributed by atoms with Crippen molar-refractivity contribution in [3.8, 4) is 0 Å². The minimum atomic E-state index is -4.55. The number of hydrogen-bond donors (Lipinski definition) is 2. The van der Waals surface area contributed by atoms with Crippen molar-refractivity contribution in [3.05, 3.63) is 70.8 Å². The number of rotatable bonds is 8. The first kappa shape index (κ1) is 32.0. The highest BCUT2D eigenvalue weighted by atomic mass is 19.4. The molecule has 3 amide bonds. The number of ether oxygens (including phenoxy) is 1. The number of hydrogen-bond acceptors (Lipinski definition) is 5. The van der Waals surface area contributed by atoms with Gasteiger partial charge in [0, 0.05) is 56.5 Å². The molecular weight excluding hydrogens is 573 g/mol. The van der Waals surface area contributed by atoms with E-state index in [1.807, 2.05) is 17.0 Å². The van der Waals surface area contributed by atoms with Gasteiger partial charge in [0.1, 0.15) is 0 Å². The molecular formula is C33H41F3N4O4. The van der Waals surface area contributed by atoms with Crippen LogP contribution in [0.1, 0.15) is 82.7 Å². The molecule has 2 aromatic carbocycles. The lowest BCUT2D eigenvalue weighted by Crippen LogP contribution is -2.44. The molecule has 44 heavy (non-hydrogen) atoms. The summed E-state index contributed by atoms with van der Waals surface area (Å²) in [5.41, 5.74) is 0.943. The van der Waals surface area contributed by atoms with E-state index in [9.17, 15) is 27.6 Å². The molecule has 0 spiro atoms. The molecule has 11 heteroatoms. The Kier molecular flexibility index (Phi) is 10.3. The summed E-state index contributed by atoms with van der Waals surface area (Å²) in [6.07, 6.45) is 2.57. The van der Waals surface area contributed by atoms with Gasteiger partial charge in [0.25, 0.3) is 11.8 Å². The minimum Gasteiger partial charge on any atom is -0.380 e. The number of likely N-dealkylation sites (tertiary alicyclic amines) is 2. The summed E-state index contributed by atoms with van der Waals surface area (Å²) in [5.74, 6) is -0.557. The Morgan fingerprint density at radius 2 is 1.66 bits per heavy atom. The van der Waals surface area contributed by atoms with E-state index in [2.05, 4.69) is 27.7 Å². The number of nitrogens with zero attached hydrogens (tertiary/aromatic N) is 2. The Morgan fingerprint density at radius 3 is 2.36 bits per heavy atom. The molecule has 2 aromatic rings. The van der Waals surface area contributed by atoms with E-state index in [1.165, 1.54) is 17.7 Å². The first-order chi connectivity index (χ1) is 21.1. The first-order valence-corrected chi connectivity index (χ1v) is 15.5. The van der Waals surface area contributed by atoms with Crippen molar-refractivity contribution in [1.29, 1.82) is 0 Å². The molecule has 1 saturated carbocycles. The minimum absolute atomic E-state index is 0.0326. The molecule has 2 heterocycles. The van der Waals surface area contributed by atoms with Crippen LogP contribution in [0.5, 0.6) is 0 Å². The summed E-state index contributed by atoms with van der Waals surface area (Å²) in [6, 6.07) is 12.7. The van der Waals surface area contributed by atoms with E-state index >= 15 is 0 Å². The largest absolute Gasteiger partial charge is 0.416 e. The molecule has 1 unspecified atom stereocenters. The van der Waals surface area contributed by atoms with Gasteiger partial charge in [0.2, 0.25) is 5.91 Å². The van der Waals surface area contributed by atoms with Crippen LogP contribution in [0.15, 0.2) is 48.5 Å². The predicted molar refractivity (Wildman–Crippen MR) is 159 cm³/mol. The van der Waals surface area contributed by atoms with Gasteiger partial charge in [-0.25, -0.2) is 0 Å². The van der Waals surface area contributed by atoms with Crippen LogP contribution < -0.4 is 10.6 Å². The van der Waals surface area contributed by atoms with E-state index < -0.39 is 17.6 Å². The molecule has 1 aliphatic carbocycles. The van der Waals surface area contributed by atoms with E-state index in [-0.39, 0.29) is 36.1 Å². The van der Waals surface area contributed by atoms with Gasteiger partial charge in [-0.15, -0.1) is 0 Å². The molecule has 5 rings (SSSR count). The van der Waals surface area contributed by atoms with Crippen molar-refractivity contribution < 1.29 is 32.3 Å². The average molecular weight is 615 g/mol. The maximum absolute atomic E-state index is 13.0. The van der Waals surface area contributed by atoms with Gasteiger partial charge in [-0.05, 0) is 86.8 Å². The van der Waals surface area contributed by atoms with Crippen LogP contribution in [0, 0.1) is 0 Å². The molecule has 8 nitrogen and oxygen atoms in total. The number of alkyl halides is 3. The fraction of sp³-hybridized carbons (Fsp3) is 0.545. The van der Waals surface area contributed by atoms with Crippen LogP contribution >= 0.6 is 0 Å². The third kappa shape index (κ3) is 7.98. The molecule has 2 aliphatic heterocycles.